The van der Waals surface area contributed by atoms with E-state index in [0.29, 0.717) is 22.4 Å². The molecule has 0 bridgehead atoms. The molecule has 0 saturated heterocycles. The predicted molar refractivity (Wildman–Crippen MR) is 122 cm³/mol. The molecular formula is C25H24O9. The first-order valence-electron chi connectivity index (χ1n) is 10.1. The molecule has 0 heterocycles. The Morgan fingerprint density at radius 1 is 0.824 bits per heavy atom. The molecule has 0 saturated carbocycles. The first-order valence-corrected chi connectivity index (χ1v) is 10.1. The maximum atomic E-state index is 12.0. The molecule has 0 atom stereocenters. The molecule has 2 rings (SSSR count). The van der Waals surface area contributed by atoms with Gasteiger partial charge in [-0.15, -0.1) is 0 Å². The minimum Gasteiger partial charge on any atom is -0.493 e. The van der Waals surface area contributed by atoms with Crippen LogP contribution in [0.25, 0.3) is 12.2 Å². The molecule has 1 N–H and O–H groups in total. The van der Waals surface area contributed by atoms with Crippen LogP contribution in [-0.4, -0.2) is 42.5 Å². The molecule has 0 fully saturated rings. The Labute approximate surface area is 196 Å². The zero-order chi connectivity index (χ0) is 25.1. The van der Waals surface area contributed by atoms with E-state index in [1.54, 1.807) is 24.3 Å². The van der Waals surface area contributed by atoms with Gasteiger partial charge in [-0.25, -0.2) is 4.79 Å². The molecule has 0 aliphatic carbocycles. The number of carbonyl (C=O) groups excluding carboxylic acids is 4. The van der Waals surface area contributed by atoms with Crippen LogP contribution >= 0.6 is 0 Å². The molecule has 0 aliphatic rings. The van der Waals surface area contributed by atoms with Crippen molar-refractivity contribution in [2.75, 3.05) is 13.7 Å². The Balaban J connectivity index is 1.92. The summed E-state index contributed by atoms with van der Waals surface area (Å²) in [6.07, 6.45) is 5.33. The van der Waals surface area contributed by atoms with Crippen LogP contribution < -0.4 is 14.2 Å². The summed E-state index contributed by atoms with van der Waals surface area (Å²) in [7, 11) is 1.42. The number of aliphatic hydroxyl groups is 1. The van der Waals surface area contributed by atoms with Crippen molar-refractivity contribution in [1.29, 1.82) is 0 Å². The molecule has 0 radical (unpaired) electrons. The van der Waals surface area contributed by atoms with Gasteiger partial charge >= 0.3 is 17.9 Å². The molecule has 0 aromatic heterocycles. The van der Waals surface area contributed by atoms with E-state index in [9.17, 15) is 24.3 Å². The molecule has 34 heavy (non-hydrogen) atoms. The zero-order valence-corrected chi connectivity index (χ0v) is 18.9. The maximum Gasteiger partial charge on any atom is 0.331 e. The highest BCUT2D eigenvalue weighted by Gasteiger charge is 2.09. The van der Waals surface area contributed by atoms with Gasteiger partial charge in [0.1, 0.15) is 5.75 Å². The number of aliphatic hydroxyl groups excluding tert-OH is 1. The average Bonchev–Trinajstić information content (AvgIpc) is 2.80. The number of hydrogen-bond donors (Lipinski definition) is 1. The van der Waals surface area contributed by atoms with Crippen molar-refractivity contribution in [1.82, 2.24) is 0 Å². The van der Waals surface area contributed by atoms with Gasteiger partial charge in [-0.05, 0) is 47.5 Å². The lowest BCUT2D eigenvalue weighted by Crippen LogP contribution is -2.09. The van der Waals surface area contributed by atoms with E-state index in [1.807, 2.05) is 0 Å². The Morgan fingerprint density at radius 2 is 1.41 bits per heavy atom. The van der Waals surface area contributed by atoms with Gasteiger partial charge in [-0.1, -0.05) is 18.2 Å². The molecule has 178 valence electrons. The van der Waals surface area contributed by atoms with Crippen LogP contribution in [-0.2, 0) is 30.5 Å². The van der Waals surface area contributed by atoms with Crippen LogP contribution in [0, 0.1) is 0 Å². The van der Waals surface area contributed by atoms with E-state index < -0.39 is 30.3 Å². The van der Waals surface area contributed by atoms with Crippen molar-refractivity contribution in [2.24, 2.45) is 0 Å². The zero-order valence-electron chi connectivity index (χ0n) is 18.9. The minimum atomic E-state index is -0.733. The molecule has 9 heteroatoms. The number of benzene rings is 2. The van der Waals surface area contributed by atoms with Crippen LogP contribution in [0.3, 0.4) is 0 Å². The number of ether oxygens (including phenoxy) is 4. The van der Waals surface area contributed by atoms with Gasteiger partial charge in [0.05, 0.1) is 13.7 Å². The molecule has 2 aromatic rings. The highest BCUT2D eigenvalue weighted by molar-refractivity contribution is 5.96. The van der Waals surface area contributed by atoms with Crippen LogP contribution in [0.5, 0.6) is 17.2 Å². The van der Waals surface area contributed by atoms with E-state index in [4.69, 9.17) is 18.9 Å². The first kappa shape index (κ1) is 26.0. The standard InChI is InChI=1S/C25H24O9/c1-16(27)33-22-9-5-18(12-20(22)14-26)7-11-25(30)32-15-21(29)8-4-19-6-10-23(34-17(2)28)24(13-19)31-3/h4-13,26H,14-15H2,1-3H3/b8-4+,11-7+. The third-order valence-corrected chi connectivity index (χ3v) is 4.18. The topological polar surface area (TPSA) is 125 Å². The number of hydrogen-bond acceptors (Lipinski definition) is 9. The van der Waals surface area contributed by atoms with E-state index in [1.165, 1.54) is 51.3 Å². The molecule has 0 amide bonds. The van der Waals surface area contributed by atoms with Crippen LogP contribution in [0.15, 0.2) is 48.6 Å². The lowest BCUT2D eigenvalue weighted by molar-refractivity contribution is -0.141. The van der Waals surface area contributed by atoms with E-state index >= 15 is 0 Å². The summed E-state index contributed by atoms with van der Waals surface area (Å²) in [5.74, 6) is -1.37. The Hall–Kier alpha value is -4.24. The fourth-order valence-corrected chi connectivity index (χ4v) is 2.70. The summed E-state index contributed by atoms with van der Waals surface area (Å²) >= 11 is 0. The van der Waals surface area contributed by atoms with Crippen molar-refractivity contribution in [3.8, 4) is 17.2 Å². The fourth-order valence-electron chi connectivity index (χ4n) is 2.70. The van der Waals surface area contributed by atoms with Crippen molar-refractivity contribution in [3.05, 3.63) is 65.2 Å². The summed E-state index contributed by atoms with van der Waals surface area (Å²) < 4.78 is 20.1. The molecule has 9 nitrogen and oxygen atoms in total. The SMILES string of the molecule is COc1cc(/C=C/C(=O)COC(=O)/C=C/c2ccc(OC(C)=O)c(CO)c2)ccc1OC(C)=O. The second-order valence-corrected chi connectivity index (χ2v) is 6.86. The summed E-state index contributed by atoms with van der Waals surface area (Å²) in [4.78, 5) is 46.1. The monoisotopic (exact) mass is 468 g/mol. The fraction of sp³-hybridized carbons (Fsp3) is 0.200. The Kier molecular flexibility index (Phi) is 9.72. The predicted octanol–water partition coefficient (Wildman–Crippen LogP) is 2.88. The van der Waals surface area contributed by atoms with Gasteiger partial charge in [0.2, 0.25) is 0 Å². The van der Waals surface area contributed by atoms with E-state index in [2.05, 4.69) is 0 Å². The van der Waals surface area contributed by atoms with Gasteiger partial charge in [0.25, 0.3) is 0 Å². The third-order valence-electron chi connectivity index (χ3n) is 4.18. The van der Waals surface area contributed by atoms with Gasteiger partial charge in [0.15, 0.2) is 23.9 Å². The smallest absolute Gasteiger partial charge is 0.331 e. The number of esters is 3. The summed E-state index contributed by atoms with van der Waals surface area (Å²) in [5.41, 5.74) is 1.56. The van der Waals surface area contributed by atoms with Crippen LogP contribution in [0.4, 0.5) is 0 Å². The van der Waals surface area contributed by atoms with Crippen LogP contribution in [0.1, 0.15) is 30.5 Å². The number of carbonyl (C=O) groups is 4. The molecular weight excluding hydrogens is 444 g/mol. The summed E-state index contributed by atoms with van der Waals surface area (Å²) in [6.45, 7) is 1.71. The average molecular weight is 468 g/mol. The first-order chi connectivity index (χ1) is 16.2. The van der Waals surface area contributed by atoms with Gasteiger partial charge in [-0.3, -0.25) is 14.4 Å². The van der Waals surface area contributed by atoms with Gasteiger partial charge in [-0.2, -0.15) is 0 Å². The summed E-state index contributed by atoms with van der Waals surface area (Å²) in [6, 6.07) is 9.40. The third kappa shape index (κ3) is 8.36. The summed E-state index contributed by atoms with van der Waals surface area (Å²) in [5, 5.41) is 9.41. The van der Waals surface area contributed by atoms with Crippen molar-refractivity contribution in [3.63, 3.8) is 0 Å². The molecule has 0 unspecified atom stereocenters. The Morgan fingerprint density at radius 3 is 2.03 bits per heavy atom. The maximum absolute atomic E-state index is 12.0. The minimum absolute atomic E-state index is 0.228. The highest BCUT2D eigenvalue weighted by atomic mass is 16.6. The van der Waals surface area contributed by atoms with E-state index in [0.717, 1.165) is 6.08 Å². The van der Waals surface area contributed by atoms with Crippen molar-refractivity contribution < 1.29 is 43.2 Å². The quantitative estimate of drug-likeness (QED) is 0.318. The lowest BCUT2D eigenvalue weighted by atomic mass is 10.1. The van der Waals surface area contributed by atoms with Gasteiger partial charge in [0, 0.05) is 25.5 Å². The van der Waals surface area contributed by atoms with Crippen molar-refractivity contribution in [2.45, 2.75) is 20.5 Å². The van der Waals surface area contributed by atoms with E-state index in [-0.39, 0.29) is 18.1 Å². The lowest BCUT2D eigenvalue weighted by Gasteiger charge is -2.08. The second-order valence-electron chi connectivity index (χ2n) is 6.86. The Bertz CT molecular complexity index is 1040. The number of methoxy groups -OCH3 is 1. The molecule has 2 aromatic carbocycles. The second kappa shape index (κ2) is 12.7. The normalized spacial score (nSPS) is 10.8. The highest BCUT2D eigenvalue weighted by Crippen LogP contribution is 2.28. The number of rotatable bonds is 10. The number of ketones is 1. The largest absolute Gasteiger partial charge is 0.493 e. The van der Waals surface area contributed by atoms with Gasteiger partial charge < -0.3 is 24.1 Å². The molecule has 0 spiro atoms. The van der Waals surface area contributed by atoms with Crippen LogP contribution in [0.2, 0.25) is 0 Å². The van der Waals surface area contributed by atoms with Crippen molar-refractivity contribution >= 4 is 35.8 Å². The molecule has 0 aliphatic heterocycles.